The molecule has 2 aromatic rings. The summed E-state index contributed by atoms with van der Waals surface area (Å²) in [6, 6.07) is 10.9. The van der Waals surface area contributed by atoms with Crippen LogP contribution < -0.4 is 15.6 Å². The zero-order valence-electron chi connectivity index (χ0n) is 11.5. The number of methoxy groups -OCH3 is 1. The Labute approximate surface area is 137 Å². The molecule has 0 radical (unpaired) electrons. The molecule has 0 aromatic heterocycles. The molecule has 0 aliphatic carbocycles. The van der Waals surface area contributed by atoms with Crippen molar-refractivity contribution in [2.75, 3.05) is 7.11 Å². The van der Waals surface area contributed by atoms with Crippen molar-refractivity contribution in [3.8, 4) is 5.75 Å². The van der Waals surface area contributed by atoms with Gasteiger partial charge in [0.1, 0.15) is 5.75 Å². The maximum atomic E-state index is 11.9. The number of ether oxygens (including phenoxy) is 1. The number of hydrazine groups is 1. The maximum Gasteiger partial charge on any atom is 0.269 e. The van der Waals surface area contributed by atoms with Gasteiger partial charge in [0.2, 0.25) is 0 Å². The van der Waals surface area contributed by atoms with Gasteiger partial charge in [-0.3, -0.25) is 20.4 Å². The molecule has 0 fully saturated rings. The highest BCUT2D eigenvalue weighted by Crippen LogP contribution is 2.18. The number of carbonyl (C=O) groups excluding carboxylic acids is 2. The minimum atomic E-state index is -0.522. The molecule has 114 valence electrons. The number of amides is 2. The predicted molar refractivity (Wildman–Crippen MR) is 84.4 cm³/mol. The standard InChI is InChI=1S/C15H12Cl2N2O3/c1-22-13-4-2-9(3-5-13)14(20)18-19-15(21)10-6-11(16)8-12(17)7-10/h2-8H,1H3,(H,18,20)(H,19,21). The monoisotopic (exact) mass is 338 g/mol. The Balaban J connectivity index is 1.99. The van der Waals surface area contributed by atoms with Crippen molar-refractivity contribution in [3.05, 3.63) is 63.6 Å². The van der Waals surface area contributed by atoms with Crippen molar-refractivity contribution < 1.29 is 14.3 Å². The van der Waals surface area contributed by atoms with Gasteiger partial charge < -0.3 is 4.74 Å². The van der Waals surface area contributed by atoms with Crippen LogP contribution in [0.15, 0.2) is 42.5 Å². The summed E-state index contributed by atoms with van der Waals surface area (Å²) in [6.07, 6.45) is 0. The van der Waals surface area contributed by atoms with E-state index in [-0.39, 0.29) is 5.56 Å². The lowest BCUT2D eigenvalue weighted by Crippen LogP contribution is -2.41. The van der Waals surface area contributed by atoms with E-state index in [0.29, 0.717) is 21.4 Å². The van der Waals surface area contributed by atoms with Crippen molar-refractivity contribution in [1.29, 1.82) is 0 Å². The Hall–Kier alpha value is -2.24. The first kappa shape index (κ1) is 16.1. The summed E-state index contributed by atoms with van der Waals surface area (Å²) in [6.45, 7) is 0. The van der Waals surface area contributed by atoms with Crippen LogP contribution in [0.2, 0.25) is 10.0 Å². The molecular weight excluding hydrogens is 327 g/mol. The van der Waals surface area contributed by atoms with Crippen LogP contribution in [0, 0.1) is 0 Å². The van der Waals surface area contributed by atoms with Gasteiger partial charge in [-0.05, 0) is 42.5 Å². The first-order valence-electron chi connectivity index (χ1n) is 6.20. The Kier molecular flexibility index (Phi) is 5.25. The van der Waals surface area contributed by atoms with E-state index in [9.17, 15) is 9.59 Å². The molecule has 0 aliphatic rings. The zero-order valence-corrected chi connectivity index (χ0v) is 13.0. The van der Waals surface area contributed by atoms with E-state index in [1.165, 1.54) is 25.3 Å². The lowest BCUT2D eigenvalue weighted by Gasteiger charge is -2.08. The van der Waals surface area contributed by atoms with E-state index in [0.717, 1.165) is 0 Å². The van der Waals surface area contributed by atoms with E-state index in [4.69, 9.17) is 27.9 Å². The average Bonchev–Trinajstić information content (AvgIpc) is 2.51. The molecule has 2 aromatic carbocycles. The largest absolute Gasteiger partial charge is 0.497 e. The van der Waals surface area contributed by atoms with Crippen LogP contribution in [0.4, 0.5) is 0 Å². The normalized spacial score (nSPS) is 9.95. The second kappa shape index (κ2) is 7.15. The summed E-state index contributed by atoms with van der Waals surface area (Å²) in [5, 5.41) is 0.665. The van der Waals surface area contributed by atoms with Crippen molar-refractivity contribution in [2.45, 2.75) is 0 Å². The fourth-order valence-corrected chi connectivity index (χ4v) is 2.21. The molecule has 0 saturated heterocycles. The van der Waals surface area contributed by atoms with Crippen molar-refractivity contribution in [2.24, 2.45) is 0 Å². The van der Waals surface area contributed by atoms with Crippen LogP contribution >= 0.6 is 23.2 Å². The third kappa shape index (κ3) is 4.13. The molecule has 7 heteroatoms. The van der Waals surface area contributed by atoms with Crippen LogP contribution in [0.3, 0.4) is 0 Å². The van der Waals surface area contributed by atoms with E-state index in [1.807, 2.05) is 0 Å². The van der Waals surface area contributed by atoms with E-state index in [2.05, 4.69) is 10.9 Å². The molecule has 0 aliphatic heterocycles. The highest BCUT2D eigenvalue weighted by Gasteiger charge is 2.10. The second-order valence-electron chi connectivity index (χ2n) is 4.29. The molecule has 0 saturated carbocycles. The Morgan fingerprint density at radius 3 is 1.86 bits per heavy atom. The van der Waals surface area contributed by atoms with Gasteiger partial charge in [-0.25, -0.2) is 0 Å². The van der Waals surface area contributed by atoms with Gasteiger partial charge in [-0.15, -0.1) is 0 Å². The van der Waals surface area contributed by atoms with E-state index >= 15 is 0 Å². The summed E-state index contributed by atoms with van der Waals surface area (Å²) in [5.41, 5.74) is 5.22. The second-order valence-corrected chi connectivity index (χ2v) is 5.17. The average molecular weight is 339 g/mol. The minimum absolute atomic E-state index is 0.243. The molecule has 0 spiro atoms. The molecule has 0 heterocycles. The van der Waals surface area contributed by atoms with Crippen LogP contribution in [0.5, 0.6) is 5.75 Å². The van der Waals surface area contributed by atoms with Gasteiger partial charge in [0.15, 0.2) is 0 Å². The number of halogens is 2. The Morgan fingerprint density at radius 1 is 0.864 bits per heavy atom. The molecule has 0 atom stereocenters. The number of hydrogen-bond acceptors (Lipinski definition) is 3. The smallest absolute Gasteiger partial charge is 0.269 e. The first-order valence-corrected chi connectivity index (χ1v) is 6.96. The molecule has 2 rings (SSSR count). The predicted octanol–water partition coefficient (Wildman–Crippen LogP) is 3.08. The number of nitrogens with one attached hydrogen (secondary N) is 2. The molecule has 2 amide bonds. The molecule has 0 bridgehead atoms. The molecule has 0 unspecified atom stereocenters. The third-order valence-corrected chi connectivity index (χ3v) is 3.20. The van der Waals surface area contributed by atoms with Crippen molar-refractivity contribution in [1.82, 2.24) is 10.9 Å². The minimum Gasteiger partial charge on any atom is -0.497 e. The zero-order chi connectivity index (χ0) is 16.1. The highest BCUT2D eigenvalue weighted by atomic mass is 35.5. The fourth-order valence-electron chi connectivity index (χ4n) is 1.69. The number of rotatable bonds is 3. The third-order valence-electron chi connectivity index (χ3n) is 2.77. The maximum absolute atomic E-state index is 11.9. The highest BCUT2D eigenvalue weighted by molar-refractivity contribution is 6.35. The topological polar surface area (TPSA) is 67.4 Å². The molecule has 2 N–H and O–H groups in total. The summed E-state index contributed by atoms with van der Waals surface area (Å²) in [7, 11) is 1.53. The van der Waals surface area contributed by atoms with E-state index < -0.39 is 11.8 Å². The van der Waals surface area contributed by atoms with Crippen LogP contribution in [0.1, 0.15) is 20.7 Å². The van der Waals surface area contributed by atoms with Gasteiger partial charge in [-0.2, -0.15) is 0 Å². The number of hydrogen-bond donors (Lipinski definition) is 2. The first-order chi connectivity index (χ1) is 10.5. The van der Waals surface area contributed by atoms with Gasteiger partial charge in [-0.1, -0.05) is 23.2 Å². The lowest BCUT2D eigenvalue weighted by atomic mass is 10.2. The van der Waals surface area contributed by atoms with Gasteiger partial charge in [0, 0.05) is 21.2 Å². The van der Waals surface area contributed by atoms with E-state index in [1.54, 1.807) is 24.3 Å². The van der Waals surface area contributed by atoms with Crippen LogP contribution in [0.25, 0.3) is 0 Å². The molecular formula is C15H12Cl2N2O3. The summed E-state index contributed by atoms with van der Waals surface area (Å²) in [5.74, 6) is -0.343. The van der Waals surface area contributed by atoms with Gasteiger partial charge in [0.05, 0.1) is 7.11 Å². The molecule has 5 nitrogen and oxygen atoms in total. The number of carbonyl (C=O) groups is 2. The Morgan fingerprint density at radius 2 is 1.36 bits per heavy atom. The van der Waals surface area contributed by atoms with Crippen molar-refractivity contribution >= 4 is 35.0 Å². The summed E-state index contributed by atoms with van der Waals surface area (Å²) >= 11 is 11.6. The van der Waals surface area contributed by atoms with Crippen LogP contribution in [-0.2, 0) is 0 Å². The van der Waals surface area contributed by atoms with Crippen LogP contribution in [-0.4, -0.2) is 18.9 Å². The Bertz CT molecular complexity index is 682. The quantitative estimate of drug-likeness (QED) is 0.845. The SMILES string of the molecule is COc1ccc(C(=O)NNC(=O)c2cc(Cl)cc(Cl)c2)cc1. The van der Waals surface area contributed by atoms with Gasteiger partial charge >= 0.3 is 0 Å². The fraction of sp³-hybridized carbons (Fsp3) is 0.0667. The van der Waals surface area contributed by atoms with Crippen molar-refractivity contribution in [3.63, 3.8) is 0 Å². The number of benzene rings is 2. The van der Waals surface area contributed by atoms with Gasteiger partial charge in [0.25, 0.3) is 11.8 Å². The summed E-state index contributed by atoms with van der Waals surface area (Å²) in [4.78, 5) is 23.8. The molecule has 22 heavy (non-hydrogen) atoms. The summed E-state index contributed by atoms with van der Waals surface area (Å²) < 4.78 is 5.00. The lowest BCUT2D eigenvalue weighted by molar-refractivity contribution is 0.0846.